The fourth-order valence-electron chi connectivity index (χ4n) is 1.71. The molecular weight excluding hydrogens is 236 g/mol. The predicted molar refractivity (Wildman–Crippen MR) is 74.7 cm³/mol. The topological polar surface area (TPSA) is 20.7 Å². The van der Waals surface area contributed by atoms with E-state index in [0.29, 0.717) is 0 Å². The molecule has 0 aliphatic rings. The Kier molecular flexibility index (Phi) is 3.13. The van der Waals surface area contributed by atoms with Gasteiger partial charge in [0.15, 0.2) is 4.77 Å². The first-order chi connectivity index (χ1) is 7.53. The van der Waals surface area contributed by atoms with Gasteiger partial charge in [0.1, 0.15) is 0 Å². The minimum atomic E-state index is 0.198. The number of nitrogens with one attached hydrogen (secondary N) is 1. The van der Waals surface area contributed by atoms with E-state index in [1.54, 1.807) is 0 Å². The van der Waals surface area contributed by atoms with E-state index >= 15 is 0 Å². The number of hydrogen-bond acceptors (Lipinski definition) is 2. The van der Waals surface area contributed by atoms with Crippen LogP contribution in [0, 0.1) is 4.77 Å². The second kappa shape index (κ2) is 4.26. The maximum atomic E-state index is 5.37. The van der Waals surface area contributed by atoms with Gasteiger partial charge in [0.05, 0.1) is 11.0 Å². The number of rotatable bonds is 3. The average molecular weight is 252 g/mol. The van der Waals surface area contributed by atoms with Gasteiger partial charge in [-0.25, -0.2) is 0 Å². The van der Waals surface area contributed by atoms with Crippen LogP contribution in [0.15, 0.2) is 24.3 Å². The molecule has 0 fully saturated rings. The molecule has 4 heteroatoms. The Hall–Kier alpha value is -0.740. The largest absolute Gasteiger partial charge is 0.331 e. The molecule has 2 nitrogen and oxygen atoms in total. The molecule has 0 aliphatic carbocycles. The third-order valence-corrected chi connectivity index (χ3v) is 4.33. The molecule has 0 atom stereocenters. The van der Waals surface area contributed by atoms with E-state index in [-0.39, 0.29) is 4.75 Å². The molecule has 86 valence electrons. The number of benzene rings is 1. The van der Waals surface area contributed by atoms with E-state index in [2.05, 4.69) is 41.8 Å². The summed E-state index contributed by atoms with van der Waals surface area (Å²) in [7, 11) is 0. The Bertz CT molecular complexity index is 551. The van der Waals surface area contributed by atoms with Crippen LogP contribution in [-0.2, 0) is 6.54 Å². The summed E-state index contributed by atoms with van der Waals surface area (Å²) in [5, 5.41) is 0. The van der Waals surface area contributed by atoms with E-state index in [9.17, 15) is 0 Å². The van der Waals surface area contributed by atoms with Crippen molar-refractivity contribution in [2.45, 2.75) is 25.1 Å². The number of thioether (sulfide) groups is 1. The molecule has 2 aromatic rings. The highest BCUT2D eigenvalue weighted by Gasteiger charge is 2.18. The van der Waals surface area contributed by atoms with Crippen molar-refractivity contribution in [1.29, 1.82) is 0 Å². The van der Waals surface area contributed by atoms with Crippen molar-refractivity contribution in [2.75, 3.05) is 6.26 Å². The van der Waals surface area contributed by atoms with E-state index < -0.39 is 0 Å². The zero-order valence-corrected chi connectivity index (χ0v) is 11.4. The zero-order chi connectivity index (χ0) is 11.8. The van der Waals surface area contributed by atoms with Gasteiger partial charge in [0, 0.05) is 11.3 Å². The summed E-state index contributed by atoms with van der Waals surface area (Å²) in [5.41, 5.74) is 2.30. The number of para-hydroxylation sites is 2. The normalized spacial score (nSPS) is 12.2. The first-order valence-electron chi connectivity index (χ1n) is 5.26. The molecule has 1 aromatic carbocycles. The van der Waals surface area contributed by atoms with E-state index in [0.717, 1.165) is 16.8 Å². The summed E-state index contributed by atoms with van der Waals surface area (Å²) in [4.78, 5) is 3.24. The molecule has 0 radical (unpaired) electrons. The van der Waals surface area contributed by atoms with Crippen LogP contribution in [0.4, 0.5) is 0 Å². The molecule has 0 bridgehead atoms. The van der Waals surface area contributed by atoms with Crippen LogP contribution >= 0.6 is 24.0 Å². The molecular formula is C12H16N2S2. The fraction of sp³-hybridized carbons (Fsp3) is 0.417. The molecule has 1 heterocycles. The molecule has 0 spiro atoms. The lowest BCUT2D eigenvalue weighted by molar-refractivity contribution is 0.575. The summed E-state index contributed by atoms with van der Waals surface area (Å²) in [6.07, 6.45) is 2.14. The monoisotopic (exact) mass is 252 g/mol. The molecule has 0 aliphatic heterocycles. The molecule has 1 aromatic heterocycles. The summed E-state index contributed by atoms with van der Waals surface area (Å²) in [6, 6.07) is 8.25. The number of hydrogen-bond donors (Lipinski definition) is 1. The molecule has 0 unspecified atom stereocenters. The highest BCUT2D eigenvalue weighted by Crippen LogP contribution is 2.25. The summed E-state index contributed by atoms with van der Waals surface area (Å²) in [5.74, 6) is 0. The van der Waals surface area contributed by atoms with Gasteiger partial charge in [-0.05, 0) is 44.5 Å². The molecule has 16 heavy (non-hydrogen) atoms. The standard InChI is InChI=1S/C12H16N2S2/c1-12(2,16-3)8-14-10-7-5-4-6-9(10)13-11(14)15/h4-7H,8H2,1-3H3,(H,13,15). The number of H-pyrrole nitrogens is 1. The SMILES string of the molecule is CSC(C)(C)Cn1c(=S)[nH]c2ccccc21. The highest BCUT2D eigenvalue weighted by atomic mass is 32.2. The zero-order valence-electron chi connectivity index (χ0n) is 9.78. The van der Waals surface area contributed by atoms with Crippen LogP contribution in [0.1, 0.15) is 13.8 Å². The van der Waals surface area contributed by atoms with E-state index in [4.69, 9.17) is 12.2 Å². The number of nitrogens with zero attached hydrogens (tertiary/aromatic N) is 1. The number of imidazole rings is 1. The Morgan fingerprint density at radius 2 is 2.06 bits per heavy atom. The van der Waals surface area contributed by atoms with Gasteiger partial charge in [0.25, 0.3) is 0 Å². The van der Waals surface area contributed by atoms with Gasteiger partial charge in [-0.1, -0.05) is 12.1 Å². The highest BCUT2D eigenvalue weighted by molar-refractivity contribution is 7.99. The summed E-state index contributed by atoms with van der Waals surface area (Å²) >= 11 is 7.23. The predicted octanol–water partition coefficient (Wildman–Crippen LogP) is 3.84. The van der Waals surface area contributed by atoms with Gasteiger partial charge in [-0.3, -0.25) is 0 Å². The van der Waals surface area contributed by atoms with Crippen molar-refractivity contribution in [3.8, 4) is 0 Å². The Morgan fingerprint density at radius 1 is 1.38 bits per heavy atom. The van der Waals surface area contributed by atoms with Crippen LogP contribution in [0.25, 0.3) is 11.0 Å². The van der Waals surface area contributed by atoms with Crippen LogP contribution in [-0.4, -0.2) is 20.6 Å². The lowest BCUT2D eigenvalue weighted by Crippen LogP contribution is -2.22. The third-order valence-electron chi connectivity index (χ3n) is 2.77. The smallest absolute Gasteiger partial charge is 0.178 e. The number of aromatic nitrogens is 2. The Morgan fingerprint density at radius 3 is 2.75 bits per heavy atom. The quantitative estimate of drug-likeness (QED) is 0.838. The maximum absolute atomic E-state index is 5.37. The minimum Gasteiger partial charge on any atom is -0.331 e. The van der Waals surface area contributed by atoms with Crippen molar-refractivity contribution in [1.82, 2.24) is 9.55 Å². The van der Waals surface area contributed by atoms with Crippen molar-refractivity contribution < 1.29 is 0 Å². The van der Waals surface area contributed by atoms with Crippen molar-refractivity contribution >= 4 is 35.0 Å². The lowest BCUT2D eigenvalue weighted by atomic mass is 10.2. The Balaban J connectivity index is 2.52. The minimum absolute atomic E-state index is 0.198. The van der Waals surface area contributed by atoms with Crippen molar-refractivity contribution in [3.05, 3.63) is 29.0 Å². The molecule has 0 amide bonds. The summed E-state index contributed by atoms with van der Waals surface area (Å²) < 4.78 is 3.19. The second-order valence-electron chi connectivity index (χ2n) is 4.50. The summed E-state index contributed by atoms with van der Waals surface area (Å²) in [6.45, 7) is 5.40. The number of fused-ring (bicyclic) bond motifs is 1. The molecule has 0 saturated carbocycles. The molecule has 2 rings (SSSR count). The third kappa shape index (κ3) is 2.18. The van der Waals surface area contributed by atoms with Crippen molar-refractivity contribution in [3.63, 3.8) is 0 Å². The first-order valence-corrected chi connectivity index (χ1v) is 6.89. The second-order valence-corrected chi connectivity index (χ2v) is 6.40. The van der Waals surface area contributed by atoms with Gasteiger partial charge in [-0.15, -0.1) is 0 Å². The van der Waals surface area contributed by atoms with Crippen molar-refractivity contribution in [2.24, 2.45) is 0 Å². The number of aromatic amines is 1. The van der Waals surface area contributed by atoms with Gasteiger partial charge in [-0.2, -0.15) is 11.8 Å². The average Bonchev–Trinajstić information content (AvgIpc) is 2.56. The van der Waals surface area contributed by atoms with Crippen LogP contribution < -0.4 is 0 Å². The van der Waals surface area contributed by atoms with E-state index in [1.807, 2.05) is 23.9 Å². The fourth-order valence-corrected chi connectivity index (χ4v) is 2.24. The van der Waals surface area contributed by atoms with Gasteiger partial charge < -0.3 is 9.55 Å². The maximum Gasteiger partial charge on any atom is 0.178 e. The molecule has 0 saturated heterocycles. The lowest BCUT2D eigenvalue weighted by Gasteiger charge is -2.22. The van der Waals surface area contributed by atoms with Crippen LogP contribution in [0.3, 0.4) is 0 Å². The van der Waals surface area contributed by atoms with Gasteiger partial charge >= 0.3 is 0 Å². The van der Waals surface area contributed by atoms with Crippen LogP contribution in [0.2, 0.25) is 0 Å². The first kappa shape index (κ1) is 11.7. The van der Waals surface area contributed by atoms with E-state index in [1.165, 1.54) is 5.52 Å². The molecule has 1 N–H and O–H groups in total. The van der Waals surface area contributed by atoms with Crippen LogP contribution in [0.5, 0.6) is 0 Å². The Labute approximate surface area is 105 Å². The van der Waals surface area contributed by atoms with Gasteiger partial charge in [0.2, 0.25) is 0 Å².